The summed E-state index contributed by atoms with van der Waals surface area (Å²) in [7, 11) is 0. The summed E-state index contributed by atoms with van der Waals surface area (Å²) in [6, 6.07) is 21.1. The molecular weight excluding hydrogens is 458 g/mol. The van der Waals surface area contributed by atoms with Crippen molar-refractivity contribution >= 4 is 49.5 Å². The van der Waals surface area contributed by atoms with E-state index in [0.29, 0.717) is 27.3 Å². The Bertz CT molecular complexity index is 1590. The first-order valence-corrected chi connectivity index (χ1v) is 12.0. The van der Waals surface area contributed by atoms with E-state index in [-0.39, 0.29) is 0 Å². The van der Waals surface area contributed by atoms with Gasteiger partial charge in [-0.2, -0.15) is 0 Å². The fourth-order valence-electron chi connectivity index (χ4n) is 4.00. The molecule has 6 nitrogen and oxygen atoms in total. The highest BCUT2D eigenvalue weighted by Crippen LogP contribution is 2.29. The lowest BCUT2D eigenvalue weighted by molar-refractivity contribution is -0.119. The second-order valence-electron chi connectivity index (χ2n) is 8.51. The summed E-state index contributed by atoms with van der Waals surface area (Å²) in [6.45, 7) is 5.62. The number of fused-ring (bicyclic) bond motifs is 2. The molecule has 5 aromatic rings. The van der Waals surface area contributed by atoms with Crippen LogP contribution in [0.15, 0.2) is 66.7 Å². The van der Waals surface area contributed by atoms with E-state index in [1.54, 1.807) is 6.07 Å². The molecule has 0 radical (unpaired) electrons. The SMILES string of the molecule is Cc1ccc(-c2cc(C(=O)OCC(=O)Nc3nc4c(C)cc(C)cc4s3)c3ccccc3n2)cc1. The summed E-state index contributed by atoms with van der Waals surface area (Å²) in [5.41, 5.74) is 6.80. The van der Waals surface area contributed by atoms with Gasteiger partial charge in [0.25, 0.3) is 5.91 Å². The van der Waals surface area contributed by atoms with Crippen molar-refractivity contribution < 1.29 is 14.3 Å². The number of pyridine rings is 1. The van der Waals surface area contributed by atoms with Crippen LogP contribution < -0.4 is 5.32 Å². The van der Waals surface area contributed by atoms with Crippen LogP contribution in [0.25, 0.3) is 32.4 Å². The minimum Gasteiger partial charge on any atom is -0.452 e. The first kappa shape index (κ1) is 22.7. The number of anilines is 1. The van der Waals surface area contributed by atoms with Crippen molar-refractivity contribution in [1.29, 1.82) is 0 Å². The number of para-hydroxylation sites is 1. The number of hydrogen-bond donors (Lipinski definition) is 1. The number of carbonyl (C=O) groups is 2. The van der Waals surface area contributed by atoms with E-state index < -0.39 is 18.5 Å². The van der Waals surface area contributed by atoms with Crippen LogP contribution in [0.1, 0.15) is 27.0 Å². The van der Waals surface area contributed by atoms with Crippen LogP contribution in [-0.4, -0.2) is 28.5 Å². The molecule has 0 fully saturated rings. The largest absolute Gasteiger partial charge is 0.452 e. The van der Waals surface area contributed by atoms with Gasteiger partial charge in [-0.15, -0.1) is 0 Å². The number of carbonyl (C=O) groups excluding carboxylic acids is 2. The summed E-state index contributed by atoms with van der Waals surface area (Å²) in [5, 5.41) is 3.89. The number of rotatable bonds is 5. The minimum absolute atomic E-state index is 0.366. The van der Waals surface area contributed by atoms with Crippen LogP contribution >= 0.6 is 11.3 Å². The molecule has 2 aromatic heterocycles. The van der Waals surface area contributed by atoms with Gasteiger partial charge in [-0.25, -0.2) is 14.8 Å². The van der Waals surface area contributed by atoms with E-state index >= 15 is 0 Å². The van der Waals surface area contributed by atoms with Gasteiger partial charge in [-0.05, 0) is 50.1 Å². The van der Waals surface area contributed by atoms with E-state index in [1.807, 2.05) is 75.4 Å². The molecule has 3 aromatic carbocycles. The molecule has 0 bridgehead atoms. The standard InChI is InChI=1S/C28H23N3O3S/c1-16-8-10-19(11-9-16)23-14-21(20-6-4-5-7-22(20)29-23)27(33)34-15-25(32)30-28-31-26-18(3)12-17(2)13-24(26)35-28/h4-14H,15H2,1-3H3,(H,30,31,32). The Hall–Kier alpha value is -4.10. The maximum atomic E-state index is 13.0. The van der Waals surface area contributed by atoms with Crippen molar-refractivity contribution in [3.05, 3.63) is 89.0 Å². The molecule has 1 N–H and O–H groups in total. The molecule has 1 amide bonds. The highest BCUT2D eigenvalue weighted by molar-refractivity contribution is 7.22. The smallest absolute Gasteiger partial charge is 0.339 e. The third kappa shape index (κ3) is 4.76. The fraction of sp³-hybridized carbons (Fsp3) is 0.143. The van der Waals surface area contributed by atoms with Gasteiger partial charge in [-0.1, -0.05) is 65.4 Å². The Kier molecular flexibility index (Phi) is 6.01. The van der Waals surface area contributed by atoms with Gasteiger partial charge < -0.3 is 4.74 Å². The number of esters is 1. The summed E-state index contributed by atoms with van der Waals surface area (Å²) >= 11 is 1.40. The van der Waals surface area contributed by atoms with Gasteiger partial charge in [0.15, 0.2) is 11.7 Å². The molecule has 0 atom stereocenters. The minimum atomic E-state index is -0.581. The number of thiazole rings is 1. The predicted molar refractivity (Wildman–Crippen MR) is 140 cm³/mol. The molecule has 0 unspecified atom stereocenters. The van der Waals surface area contributed by atoms with E-state index in [0.717, 1.165) is 32.5 Å². The molecule has 0 saturated carbocycles. The molecule has 0 aliphatic heterocycles. The van der Waals surface area contributed by atoms with Crippen molar-refractivity contribution in [2.75, 3.05) is 11.9 Å². The summed E-state index contributed by atoms with van der Waals surface area (Å²) < 4.78 is 6.40. The van der Waals surface area contributed by atoms with Crippen molar-refractivity contribution in [2.45, 2.75) is 20.8 Å². The van der Waals surface area contributed by atoms with Crippen LogP contribution in [0.2, 0.25) is 0 Å². The zero-order valence-corrected chi connectivity index (χ0v) is 20.4. The van der Waals surface area contributed by atoms with Crippen molar-refractivity contribution in [2.24, 2.45) is 0 Å². The monoisotopic (exact) mass is 481 g/mol. The van der Waals surface area contributed by atoms with E-state index in [1.165, 1.54) is 11.3 Å². The van der Waals surface area contributed by atoms with Crippen LogP contribution in [0, 0.1) is 20.8 Å². The molecule has 2 heterocycles. The Morgan fingerprint density at radius 2 is 1.69 bits per heavy atom. The van der Waals surface area contributed by atoms with Crippen LogP contribution in [0.3, 0.4) is 0 Å². The van der Waals surface area contributed by atoms with Crippen LogP contribution in [-0.2, 0) is 9.53 Å². The van der Waals surface area contributed by atoms with E-state index in [9.17, 15) is 9.59 Å². The molecule has 7 heteroatoms. The average molecular weight is 482 g/mol. The fourth-order valence-corrected chi connectivity index (χ4v) is 5.06. The first-order chi connectivity index (χ1) is 16.9. The number of ether oxygens (including phenoxy) is 1. The molecule has 5 rings (SSSR count). The molecule has 0 aliphatic carbocycles. The van der Waals surface area contributed by atoms with Crippen LogP contribution in [0.5, 0.6) is 0 Å². The lowest BCUT2D eigenvalue weighted by Gasteiger charge is -2.10. The second kappa shape index (κ2) is 9.27. The van der Waals surface area contributed by atoms with Gasteiger partial charge in [0.1, 0.15) is 0 Å². The molecule has 174 valence electrons. The zero-order valence-electron chi connectivity index (χ0n) is 19.6. The number of aromatic nitrogens is 2. The van der Waals surface area contributed by atoms with Gasteiger partial charge in [0, 0.05) is 10.9 Å². The summed E-state index contributed by atoms with van der Waals surface area (Å²) in [6.07, 6.45) is 0. The lowest BCUT2D eigenvalue weighted by atomic mass is 10.0. The van der Waals surface area contributed by atoms with Crippen molar-refractivity contribution in [1.82, 2.24) is 9.97 Å². The van der Waals surface area contributed by atoms with Gasteiger partial charge in [0.2, 0.25) is 0 Å². The maximum Gasteiger partial charge on any atom is 0.339 e. The number of benzene rings is 3. The molecule has 0 spiro atoms. The van der Waals surface area contributed by atoms with Gasteiger partial charge in [0.05, 0.1) is 27.0 Å². The van der Waals surface area contributed by atoms with E-state index in [4.69, 9.17) is 9.72 Å². The lowest BCUT2D eigenvalue weighted by Crippen LogP contribution is -2.21. The predicted octanol–water partition coefficient (Wildman–Crippen LogP) is 6.23. The number of aryl methyl sites for hydroxylation is 3. The zero-order chi connectivity index (χ0) is 24.5. The quantitative estimate of drug-likeness (QED) is 0.301. The Morgan fingerprint density at radius 1 is 0.914 bits per heavy atom. The molecule has 0 saturated heterocycles. The van der Waals surface area contributed by atoms with Crippen molar-refractivity contribution in [3.63, 3.8) is 0 Å². The maximum absolute atomic E-state index is 13.0. The summed E-state index contributed by atoms with van der Waals surface area (Å²) in [4.78, 5) is 34.8. The second-order valence-corrected chi connectivity index (χ2v) is 9.54. The van der Waals surface area contributed by atoms with Crippen LogP contribution in [0.4, 0.5) is 5.13 Å². The van der Waals surface area contributed by atoms with Gasteiger partial charge in [-0.3, -0.25) is 10.1 Å². The molecular formula is C28H23N3O3S. The third-order valence-electron chi connectivity index (χ3n) is 5.69. The number of hydrogen-bond acceptors (Lipinski definition) is 6. The Labute approximate surface area is 206 Å². The third-order valence-corrected chi connectivity index (χ3v) is 6.61. The highest BCUT2D eigenvalue weighted by Gasteiger charge is 2.17. The summed E-state index contributed by atoms with van der Waals surface area (Å²) in [5.74, 6) is -1.02. The van der Waals surface area contributed by atoms with Gasteiger partial charge >= 0.3 is 5.97 Å². The van der Waals surface area contributed by atoms with E-state index in [2.05, 4.69) is 16.4 Å². The Balaban J connectivity index is 1.35. The highest BCUT2D eigenvalue weighted by atomic mass is 32.1. The number of amides is 1. The topological polar surface area (TPSA) is 81.2 Å². The Morgan fingerprint density at radius 3 is 2.49 bits per heavy atom. The molecule has 0 aliphatic rings. The average Bonchev–Trinajstić information content (AvgIpc) is 3.24. The first-order valence-electron chi connectivity index (χ1n) is 11.2. The van der Waals surface area contributed by atoms with Crippen molar-refractivity contribution in [3.8, 4) is 11.3 Å². The number of nitrogens with one attached hydrogen (secondary N) is 1. The molecule has 35 heavy (non-hydrogen) atoms. The normalized spacial score (nSPS) is 11.1. The number of nitrogens with zero attached hydrogens (tertiary/aromatic N) is 2.